The van der Waals surface area contributed by atoms with Gasteiger partial charge in [0.1, 0.15) is 11.0 Å². The summed E-state index contributed by atoms with van der Waals surface area (Å²) in [5.41, 5.74) is 0.526. The van der Waals surface area contributed by atoms with E-state index in [2.05, 4.69) is 18.7 Å². The summed E-state index contributed by atoms with van der Waals surface area (Å²) in [7, 11) is 3.05. The topological polar surface area (TPSA) is 72.4 Å². The molecule has 166 valence electrons. The van der Waals surface area contributed by atoms with E-state index in [4.69, 9.17) is 11.6 Å². The number of benzene rings is 1. The Morgan fingerprint density at radius 1 is 1.13 bits per heavy atom. The molecule has 1 fully saturated rings. The Labute approximate surface area is 186 Å². The molecular formula is C23H29ClN4O3. The lowest BCUT2D eigenvalue weighted by molar-refractivity contribution is 0.318. The SMILES string of the molecule is CC(C)C1CCCN(c2c(O)c3c(c(=O)n(C)c(=O)n3C)n2Cc2ccccc2Cl)C1. The van der Waals surface area contributed by atoms with Gasteiger partial charge >= 0.3 is 5.69 Å². The minimum Gasteiger partial charge on any atom is -0.503 e. The number of aryl methyl sites for hydroxylation is 1. The van der Waals surface area contributed by atoms with Crippen LogP contribution in [0.1, 0.15) is 32.3 Å². The first-order valence-corrected chi connectivity index (χ1v) is 11.1. The highest BCUT2D eigenvalue weighted by Gasteiger charge is 2.31. The maximum Gasteiger partial charge on any atom is 0.331 e. The summed E-state index contributed by atoms with van der Waals surface area (Å²) in [6.07, 6.45) is 2.15. The molecule has 3 aromatic rings. The molecule has 7 nitrogen and oxygen atoms in total. The second-order valence-corrected chi connectivity index (χ2v) is 9.25. The Hall–Kier alpha value is -2.67. The quantitative estimate of drug-likeness (QED) is 0.670. The standard InChI is InChI=1S/C23H29ClN4O3/c1-14(2)15-9-7-11-27(12-15)21-20(29)18-19(22(30)26(4)23(31)25(18)3)28(21)13-16-8-5-6-10-17(16)24/h5-6,8,10,14-15,29H,7,9,11-13H2,1-4H3. The molecule has 0 saturated carbocycles. The van der Waals surface area contributed by atoms with Crippen LogP contribution in [-0.4, -0.2) is 31.9 Å². The van der Waals surface area contributed by atoms with Gasteiger partial charge in [0.05, 0.1) is 6.54 Å². The Bertz CT molecular complexity index is 1250. The smallest absolute Gasteiger partial charge is 0.331 e. The largest absolute Gasteiger partial charge is 0.503 e. The van der Waals surface area contributed by atoms with Crippen LogP contribution in [0.25, 0.3) is 11.0 Å². The molecule has 1 aliphatic heterocycles. The van der Waals surface area contributed by atoms with Crippen LogP contribution >= 0.6 is 11.6 Å². The Balaban J connectivity index is 2.00. The molecule has 1 aromatic carbocycles. The molecule has 0 aliphatic carbocycles. The van der Waals surface area contributed by atoms with E-state index in [1.165, 1.54) is 11.6 Å². The fraction of sp³-hybridized carbons (Fsp3) is 0.478. The third-order valence-electron chi connectivity index (χ3n) is 6.59. The maximum absolute atomic E-state index is 13.2. The fourth-order valence-electron chi connectivity index (χ4n) is 4.70. The number of halogens is 1. The van der Waals surface area contributed by atoms with Gasteiger partial charge in [-0.05, 0) is 36.3 Å². The van der Waals surface area contributed by atoms with Crippen molar-refractivity contribution in [2.75, 3.05) is 18.0 Å². The molecule has 3 heterocycles. The zero-order valence-corrected chi connectivity index (χ0v) is 19.2. The van der Waals surface area contributed by atoms with Crippen LogP contribution < -0.4 is 16.1 Å². The van der Waals surface area contributed by atoms with Crippen molar-refractivity contribution in [3.8, 4) is 5.75 Å². The number of aromatic nitrogens is 3. The molecular weight excluding hydrogens is 416 g/mol. The lowest BCUT2D eigenvalue weighted by Crippen LogP contribution is -2.39. The highest BCUT2D eigenvalue weighted by atomic mass is 35.5. The molecule has 0 radical (unpaired) electrons. The van der Waals surface area contributed by atoms with Gasteiger partial charge in [0, 0.05) is 32.2 Å². The minimum absolute atomic E-state index is 0.0243. The Kier molecular flexibility index (Phi) is 5.64. The van der Waals surface area contributed by atoms with E-state index in [0.717, 1.165) is 36.1 Å². The predicted octanol–water partition coefficient (Wildman–Crippen LogP) is 3.32. The summed E-state index contributed by atoms with van der Waals surface area (Å²) in [4.78, 5) is 27.9. The van der Waals surface area contributed by atoms with Crippen LogP contribution in [0.4, 0.5) is 5.82 Å². The van der Waals surface area contributed by atoms with Crippen LogP contribution in [-0.2, 0) is 20.6 Å². The second kappa shape index (κ2) is 8.11. The number of fused-ring (bicyclic) bond motifs is 1. The first-order valence-electron chi connectivity index (χ1n) is 10.7. The number of aromatic hydroxyl groups is 1. The van der Waals surface area contributed by atoms with Crippen molar-refractivity contribution < 1.29 is 5.11 Å². The number of hydrogen-bond acceptors (Lipinski definition) is 4. The second-order valence-electron chi connectivity index (χ2n) is 8.85. The third-order valence-corrected chi connectivity index (χ3v) is 6.96. The highest BCUT2D eigenvalue weighted by Crippen LogP contribution is 2.40. The van der Waals surface area contributed by atoms with Gasteiger partial charge < -0.3 is 14.6 Å². The number of piperidine rings is 1. The van der Waals surface area contributed by atoms with Gasteiger partial charge in [-0.15, -0.1) is 0 Å². The lowest BCUT2D eigenvalue weighted by atomic mass is 9.88. The molecule has 2 aromatic heterocycles. The van der Waals surface area contributed by atoms with Crippen molar-refractivity contribution in [2.45, 2.75) is 33.2 Å². The Morgan fingerprint density at radius 3 is 2.52 bits per heavy atom. The van der Waals surface area contributed by atoms with E-state index < -0.39 is 11.2 Å². The molecule has 1 atom stereocenters. The van der Waals surface area contributed by atoms with E-state index in [-0.39, 0.29) is 11.3 Å². The summed E-state index contributed by atoms with van der Waals surface area (Å²) >= 11 is 6.43. The molecule has 1 saturated heterocycles. The van der Waals surface area contributed by atoms with Crippen LogP contribution in [0.2, 0.25) is 5.02 Å². The first-order chi connectivity index (χ1) is 14.7. The molecule has 0 amide bonds. The number of rotatable bonds is 4. The van der Waals surface area contributed by atoms with Crippen molar-refractivity contribution in [1.82, 2.24) is 13.7 Å². The van der Waals surface area contributed by atoms with E-state index >= 15 is 0 Å². The van der Waals surface area contributed by atoms with E-state index in [9.17, 15) is 14.7 Å². The Morgan fingerprint density at radius 2 is 1.84 bits per heavy atom. The van der Waals surface area contributed by atoms with Crippen molar-refractivity contribution in [1.29, 1.82) is 0 Å². The van der Waals surface area contributed by atoms with Gasteiger partial charge in [-0.25, -0.2) is 4.79 Å². The summed E-state index contributed by atoms with van der Waals surface area (Å²) in [5.74, 6) is 1.57. The number of nitrogens with zero attached hydrogens (tertiary/aromatic N) is 4. The van der Waals surface area contributed by atoms with Crippen LogP contribution in [0.3, 0.4) is 0 Å². The summed E-state index contributed by atoms with van der Waals surface area (Å²) < 4.78 is 4.26. The van der Waals surface area contributed by atoms with E-state index in [1.54, 1.807) is 7.05 Å². The van der Waals surface area contributed by atoms with Gasteiger partial charge in [-0.1, -0.05) is 43.6 Å². The molecule has 4 rings (SSSR count). The van der Waals surface area contributed by atoms with Crippen molar-refractivity contribution in [3.63, 3.8) is 0 Å². The van der Waals surface area contributed by atoms with E-state index in [0.29, 0.717) is 34.7 Å². The number of hydrogen-bond donors (Lipinski definition) is 1. The van der Waals surface area contributed by atoms with Gasteiger partial charge in [-0.2, -0.15) is 0 Å². The summed E-state index contributed by atoms with van der Waals surface area (Å²) in [6, 6.07) is 7.48. The zero-order valence-electron chi connectivity index (χ0n) is 18.4. The van der Waals surface area contributed by atoms with Crippen molar-refractivity contribution >= 4 is 28.5 Å². The van der Waals surface area contributed by atoms with E-state index in [1.807, 2.05) is 28.8 Å². The number of anilines is 1. The molecule has 31 heavy (non-hydrogen) atoms. The molecule has 8 heteroatoms. The molecule has 0 spiro atoms. The summed E-state index contributed by atoms with van der Waals surface area (Å²) in [5, 5.41) is 11.9. The van der Waals surface area contributed by atoms with Crippen molar-refractivity contribution in [2.24, 2.45) is 25.9 Å². The molecule has 1 aliphatic rings. The van der Waals surface area contributed by atoms with Crippen molar-refractivity contribution in [3.05, 3.63) is 55.7 Å². The highest BCUT2D eigenvalue weighted by molar-refractivity contribution is 6.31. The lowest BCUT2D eigenvalue weighted by Gasteiger charge is -2.36. The normalized spacial score (nSPS) is 17.1. The van der Waals surface area contributed by atoms with Gasteiger partial charge in [0.25, 0.3) is 5.56 Å². The molecule has 1 N–H and O–H groups in total. The van der Waals surface area contributed by atoms with Crippen LogP contribution in [0, 0.1) is 11.8 Å². The van der Waals surface area contributed by atoms with Gasteiger partial charge in [0.2, 0.25) is 0 Å². The summed E-state index contributed by atoms with van der Waals surface area (Å²) in [6.45, 7) is 6.32. The average molecular weight is 445 g/mol. The molecule has 0 bridgehead atoms. The first kappa shape index (κ1) is 21.6. The van der Waals surface area contributed by atoms with Gasteiger partial charge in [-0.3, -0.25) is 13.9 Å². The van der Waals surface area contributed by atoms with Crippen LogP contribution in [0.5, 0.6) is 5.75 Å². The average Bonchev–Trinajstić information content (AvgIpc) is 3.04. The minimum atomic E-state index is -0.465. The fourth-order valence-corrected chi connectivity index (χ4v) is 4.89. The zero-order chi connectivity index (χ0) is 22.4. The van der Waals surface area contributed by atoms with Crippen LogP contribution in [0.15, 0.2) is 33.9 Å². The molecule has 1 unspecified atom stereocenters. The predicted molar refractivity (Wildman–Crippen MR) is 124 cm³/mol. The monoisotopic (exact) mass is 444 g/mol. The maximum atomic E-state index is 13.2. The van der Waals surface area contributed by atoms with Gasteiger partial charge in [0.15, 0.2) is 11.6 Å². The third kappa shape index (κ3) is 3.55.